The highest BCUT2D eigenvalue weighted by Gasteiger charge is 2.11. The van der Waals surface area contributed by atoms with Gasteiger partial charge in [0.2, 0.25) is 11.1 Å². The zero-order valence-corrected chi connectivity index (χ0v) is 13.7. The van der Waals surface area contributed by atoms with Gasteiger partial charge in [-0.05, 0) is 28.1 Å². The molecule has 0 fully saturated rings. The van der Waals surface area contributed by atoms with E-state index >= 15 is 0 Å². The number of rotatable bonds is 6. The summed E-state index contributed by atoms with van der Waals surface area (Å²) >= 11 is 1.15. The lowest BCUT2D eigenvalue weighted by Gasteiger charge is -2.06. The number of benzene rings is 2. The highest BCUT2D eigenvalue weighted by Crippen LogP contribution is 2.17. The Hall–Kier alpha value is -2.81. The van der Waals surface area contributed by atoms with Crippen molar-refractivity contribution in [1.29, 1.82) is 0 Å². The Kier molecular flexibility index (Phi) is 5.34. The molecule has 0 aliphatic carbocycles. The summed E-state index contributed by atoms with van der Waals surface area (Å²) in [6.07, 6.45) is 0. The molecule has 1 heterocycles. The zero-order chi connectivity index (χ0) is 17.6. The molecule has 1 aromatic heterocycles. The lowest BCUT2D eigenvalue weighted by atomic mass is 10.2. The minimum Gasteiger partial charge on any atom is -0.325 e. The highest BCUT2D eigenvalue weighted by molar-refractivity contribution is 7.99. The van der Waals surface area contributed by atoms with Crippen LogP contribution in [0.1, 0.15) is 5.56 Å². The summed E-state index contributed by atoms with van der Waals surface area (Å²) in [6, 6.07) is 12.8. The van der Waals surface area contributed by atoms with Crippen molar-refractivity contribution in [3.05, 3.63) is 65.7 Å². The van der Waals surface area contributed by atoms with E-state index in [2.05, 4.69) is 20.8 Å². The van der Waals surface area contributed by atoms with Gasteiger partial charge in [-0.1, -0.05) is 42.1 Å². The summed E-state index contributed by atoms with van der Waals surface area (Å²) in [5.74, 6) is -2.32. The van der Waals surface area contributed by atoms with Crippen molar-refractivity contribution >= 4 is 23.4 Å². The Morgan fingerprint density at radius 1 is 1.12 bits per heavy atom. The molecule has 1 amide bonds. The number of anilines is 1. The Morgan fingerprint density at radius 3 is 2.68 bits per heavy atom. The molecular weight excluding hydrogens is 348 g/mol. The molecule has 0 atom stereocenters. The molecular formula is C16H13F2N5OS. The van der Waals surface area contributed by atoms with Crippen LogP contribution in [-0.2, 0) is 11.3 Å². The van der Waals surface area contributed by atoms with Gasteiger partial charge in [0.25, 0.3) is 0 Å². The van der Waals surface area contributed by atoms with Crippen LogP contribution in [0.5, 0.6) is 0 Å². The molecule has 0 unspecified atom stereocenters. The lowest BCUT2D eigenvalue weighted by molar-refractivity contribution is -0.113. The number of aromatic nitrogens is 4. The average Bonchev–Trinajstić information content (AvgIpc) is 3.04. The van der Waals surface area contributed by atoms with Crippen LogP contribution in [0, 0.1) is 11.6 Å². The van der Waals surface area contributed by atoms with Gasteiger partial charge in [-0.25, -0.2) is 13.5 Å². The Bertz CT molecular complexity index is 872. The molecule has 0 aliphatic heterocycles. The topological polar surface area (TPSA) is 72.7 Å². The standard InChI is InChI=1S/C16H13F2N5OS/c17-13-7-6-12(8-14(13)18)19-15(24)10-25-16-20-21-22-23(16)9-11-4-2-1-3-5-11/h1-8H,9-10H2,(H,19,24). The third-order valence-electron chi connectivity index (χ3n) is 3.21. The highest BCUT2D eigenvalue weighted by atomic mass is 32.2. The predicted molar refractivity (Wildman–Crippen MR) is 89.1 cm³/mol. The molecule has 3 aromatic rings. The minimum absolute atomic E-state index is 0.0359. The number of hydrogen-bond donors (Lipinski definition) is 1. The summed E-state index contributed by atoms with van der Waals surface area (Å²) in [6.45, 7) is 0.487. The predicted octanol–water partition coefficient (Wildman–Crippen LogP) is 2.73. The summed E-state index contributed by atoms with van der Waals surface area (Å²) in [5, 5.41) is 14.4. The third-order valence-corrected chi connectivity index (χ3v) is 4.17. The molecule has 128 valence electrons. The van der Waals surface area contributed by atoms with Crippen molar-refractivity contribution in [2.45, 2.75) is 11.7 Å². The van der Waals surface area contributed by atoms with Gasteiger partial charge in [0, 0.05) is 11.8 Å². The average molecular weight is 361 g/mol. The largest absolute Gasteiger partial charge is 0.325 e. The van der Waals surface area contributed by atoms with Gasteiger partial charge < -0.3 is 5.32 Å². The van der Waals surface area contributed by atoms with Crippen molar-refractivity contribution in [3.63, 3.8) is 0 Å². The number of carbonyl (C=O) groups is 1. The van der Waals surface area contributed by atoms with E-state index in [0.717, 1.165) is 29.5 Å². The fraction of sp³-hybridized carbons (Fsp3) is 0.125. The first-order valence-electron chi connectivity index (χ1n) is 7.29. The van der Waals surface area contributed by atoms with Gasteiger partial charge >= 0.3 is 0 Å². The first-order chi connectivity index (χ1) is 12.1. The molecule has 3 rings (SSSR count). The number of halogens is 2. The van der Waals surface area contributed by atoms with Crippen molar-refractivity contribution in [2.75, 3.05) is 11.1 Å². The summed E-state index contributed by atoms with van der Waals surface area (Å²) in [7, 11) is 0. The summed E-state index contributed by atoms with van der Waals surface area (Å²) < 4.78 is 27.6. The molecule has 2 aromatic carbocycles. The summed E-state index contributed by atoms with van der Waals surface area (Å²) in [5.41, 5.74) is 1.22. The van der Waals surface area contributed by atoms with Crippen LogP contribution < -0.4 is 5.32 Å². The van der Waals surface area contributed by atoms with E-state index in [4.69, 9.17) is 0 Å². The number of nitrogens with zero attached hydrogens (tertiary/aromatic N) is 4. The molecule has 0 saturated carbocycles. The van der Waals surface area contributed by atoms with Crippen molar-refractivity contribution in [2.24, 2.45) is 0 Å². The molecule has 6 nitrogen and oxygen atoms in total. The Morgan fingerprint density at radius 2 is 1.92 bits per heavy atom. The lowest BCUT2D eigenvalue weighted by Crippen LogP contribution is -2.15. The molecule has 0 aliphatic rings. The van der Waals surface area contributed by atoms with Crippen molar-refractivity contribution in [3.8, 4) is 0 Å². The fourth-order valence-electron chi connectivity index (χ4n) is 2.06. The Balaban J connectivity index is 1.57. The second-order valence-electron chi connectivity index (χ2n) is 5.07. The first-order valence-corrected chi connectivity index (χ1v) is 8.28. The number of carbonyl (C=O) groups excluding carboxylic acids is 1. The van der Waals surface area contributed by atoms with Gasteiger partial charge in [0.15, 0.2) is 11.6 Å². The van der Waals surface area contributed by atoms with Crippen LogP contribution >= 0.6 is 11.8 Å². The van der Waals surface area contributed by atoms with Gasteiger partial charge in [0.1, 0.15) is 0 Å². The van der Waals surface area contributed by atoms with Gasteiger partial charge in [-0.15, -0.1) is 5.10 Å². The maximum atomic E-state index is 13.1. The first kappa shape index (κ1) is 17.0. The fourth-order valence-corrected chi connectivity index (χ4v) is 2.73. The van der Waals surface area contributed by atoms with Crippen LogP contribution in [0.15, 0.2) is 53.7 Å². The van der Waals surface area contributed by atoms with Gasteiger partial charge in [0.05, 0.1) is 12.3 Å². The maximum absolute atomic E-state index is 13.1. The van der Waals surface area contributed by atoms with Crippen LogP contribution in [0.25, 0.3) is 0 Å². The Labute approximate surface area is 146 Å². The number of nitrogens with one attached hydrogen (secondary N) is 1. The monoisotopic (exact) mass is 361 g/mol. The molecule has 0 bridgehead atoms. The van der Waals surface area contributed by atoms with E-state index in [1.807, 2.05) is 30.3 Å². The minimum atomic E-state index is -1.02. The van der Waals surface area contributed by atoms with Crippen molar-refractivity contribution < 1.29 is 13.6 Å². The molecule has 0 radical (unpaired) electrons. The maximum Gasteiger partial charge on any atom is 0.234 e. The number of amides is 1. The molecule has 25 heavy (non-hydrogen) atoms. The summed E-state index contributed by atoms with van der Waals surface area (Å²) in [4.78, 5) is 11.9. The second-order valence-corrected chi connectivity index (χ2v) is 6.01. The van der Waals surface area contributed by atoms with E-state index in [1.165, 1.54) is 6.07 Å². The van der Waals surface area contributed by atoms with E-state index in [0.29, 0.717) is 11.7 Å². The molecule has 0 saturated heterocycles. The number of thioether (sulfide) groups is 1. The van der Waals surface area contributed by atoms with Gasteiger partial charge in [-0.2, -0.15) is 0 Å². The van der Waals surface area contributed by atoms with Crippen LogP contribution in [0.2, 0.25) is 0 Å². The SMILES string of the molecule is O=C(CSc1nnnn1Cc1ccccc1)Nc1ccc(F)c(F)c1. The van der Waals surface area contributed by atoms with E-state index in [1.54, 1.807) is 4.68 Å². The quantitative estimate of drug-likeness (QED) is 0.684. The van der Waals surface area contributed by atoms with Crippen LogP contribution in [-0.4, -0.2) is 31.9 Å². The number of hydrogen-bond acceptors (Lipinski definition) is 5. The van der Waals surface area contributed by atoms with Crippen LogP contribution in [0.3, 0.4) is 0 Å². The van der Waals surface area contributed by atoms with E-state index in [-0.39, 0.29) is 17.3 Å². The van der Waals surface area contributed by atoms with Crippen molar-refractivity contribution in [1.82, 2.24) is 20.2 Å². The van der Waals surface area contributed by atoms with E-state index < -0.39 is 11.6 Å². The molecule has 0 spiro atoms. The van der Waals surface area contributed by atoms with Gasteiger partial charge in [-0.3, -0.25) is 4.79 Å². The van der Waals surface area contributed by atoms with Crippen LogP contribution in [0.4, 0.5) is 14.5 Å². The second kappa shape index (κ2) is 7.84. The molecule has 1 N–H and O–H groups in total. The normalized spacial score (nSPS) is 10.6. The zero-order valence-electron chi connectivity index (χ0n) is 12.9. The molecule has 9 heteroatoms. The smallest absolute Gasteiger partial charge is 0.234 e. The van der Waals surface area contributed by atoms with E-state index in [9.17, 15) is 13.6 Å². The third kappa shape index (κ3) is 4.60. The number of tetrazole rings is 1.